The highest BCUT2D eigenvalue weighted by Crippen LogP contribution is 2.13. The normalized spacial score (nSPS) is 23.2. The summed E-state index contributed by atoms with van der Waals surface area (Å²) in [6.45, 7) is 4.37. The summed E-state index contributed by atoms with van der Waals surface area (Å²) in [6.07, 6.45) is 1.38. The molecule has 1 atom stereocenters. The first-order valence-corrected chi connectivity index (χ1v) is 10.2. The van der Waals surface area contributed by atoms with Gasteiger partial charge in [0.1, 0.15) is 12.0 Å². The smallest absolute Gasteiger partial charge is 0.220 e. The van der Waals surface area contributed by atoms with E-state index in [0.717, 1.165) is 5.96 Å². The third-order valence-electron chi connectivity index (χ3n) is 4.34. The Bertz CT molecular complexity index is 679. The van der Waals surface area contributed by atoms with E-state index in [-0.39, 0.29) is 11.9 Å². The summed E-state index contributed by atoms with van der Waals surface area (Å²) in [6, 6.07) is 1.57. The van der Waals surface area contributed by atoms with E-state index in [1.807, 2.05) is 4.90 Å². The second kappa shape index (κ2) is 8.80. The van der Waals surface area contributed by atoms with Gasteiger partial charge in [0.05, 0.1) is 31.6 Å². The molecule has 0 saturated carbocycles. The van der Waals surface area contributed by atoms with Gasteiger partial charge in [0.2, 0.25) is 10.0 Å². The van der Waals surface area contributed by atoms with E-state index in [1.165, 1.54) is 10.6 Å². The molecule has 2 aliphatic rings. The van der Waals surface area contributed by atoms with Crippen molar-refractivity contribution < 1.29 is 22.4 Å². The van der Waals surface area contributed by atoms with Gasteiger partial charge in [-0.1, -0.05) is 5.16 Å². The van der Waals surface area contributed by atoms with E-state index >= 15 is 0 Å². The van der Waals surface area contributed by atoms with Gasteiger partial charge in [-0.3, -0.25) is 4.99 Å². The molecule has 11 heteroatoms. The van der Waals surface area contributed by atoms with Gasteiger partial charge in [0, 0.05) is 45.8 Å². The van der Waals surface area contributed by atoms with Gasteiger partial charge in [-0.2, -0.15) is 4.31 Å². The number of ether oxygens (including phenoxy) is 2. The Kier molecular flexibility index (Phi) is 6.46. The van der Waals surface area contributed by atoms with E-state index in [4.69, 9.17) is 14.0 Å². The molecule has 0 radical (unpaired) electrons. The molecule has 10 nitrogen and oxygen atoms in total. The number of hydrogen-bond acceptors (Lipinski definition) is 7. The Balaban J connectivity index is 1.48. The maximum atomic E-state index is 12.5. The molecule has 0 amide bonds. The summed E-state index contributed by atoms with van der Waals surface area (Å²) in [4.78, 5) is 6.34. The highest BCUT2D eigenvalue weighted by Gasteiger charge is 2.29. The summed E-state index contributed by atoms with van der Waals surface area (Å²) < 4.78 is 42.1. The largest absolute Gasteiger partial charge is 0.376 e. The van der Waals surface area contributed by atoms with Crippen LogP contribution in [0.3, 0.4) is 0 Å². The predicted octanol–water partition coefficient (Wildman–Crippen LogP) is -0.887. The molecule has 0 bridgehead atoms. The molecule has 2 aliphatic heterocycles. The molecule has 1 unspecified atom stereocenters. The van der Waals surface area contributed by atoms with Crippen molar-refractivity contribution in [2.45, 2.75) is 11.9 Å². The zero-order valence-corrected chi connectivity index (χ0v) is 15.7. The van der Waals surface area contributed by atoms with Gasteiger partial charge < -0.3 is 24.2 Å². The van der Waals surface area contributed by atoms with Crippen LogP contribution in [-0.4, -0.2) is 94.4 Å². The Labute approximate surface area is 153 Å². The fourth-order valence-corrected chi connectivity index (χ4v) is 4.38. The topological polar surface area (TPSA) is 110 Å². The van der Waals surface area contributed by atoms with Crippen molar-refractivity contribution in [2.24, 2.45) is 4.99 Å². The molecule has 2 saturated heterocycles. The fraction of sp³-hybridized carbons (Fsp3) is 0.733. The van der Waals surface area contributed by atoms with Crippen molar-refractivity contribution in [3.63, 3.8) is 0 Å². The number of guanidine groups is 1. The van der Waals surface area contributed by atoms with Crippen molar-refractivity contribution in [3.8, 4) is 0 Å². The number of aliphatic imine (C=N–C) groups is 1. The summed E-state index contributed by atoms with van der Waals surface area (Å²) in [5, 5.41) is 6.96. The average Bonchev–Trinajstić information content (AvgIpc) is 3.16. The van der Waals surface area contributed by atoms with E-state index in [0.29, 0.717) is 58.2 Å². The van der Waals surface area contributed by atoms with Gasteiger partial charge >= 0.3 is 0 Å². The predicted molar refractivity (Wildman–Crippen MR) is 94.2 cm³/mol. The number of aromatic nitrogens is 1. The number of piperazine rings is 1. The van der Waals surface area contributed by atoms with Crippen LogP contribution >= 0.6 is 0 Å². The van der Waals surface area contributed by atoms with Crippen molar-refractivity contribution in [1.29, 1.82) is 0 Å². The maximum absolute atomic E-state index is 12.5. The van der Waals surface area contributed by atoms with Crippen LogP contribution in [0, 0.1) is 0 Å². The van der Waals surface area contributed by atoms with Crippen LogP contribution in [0.2, 0.25) is 0 Å². The molecule has 1 aromatic rings. The van der Waals surface area contributed by atoms with E-state index < -0.39 is 10.0 Å². The van der Waals surface area contributed by atoms with E-state index in [2.05, 4.69) is 15.5 Å². The fourth-order valence-electron chi connectivity index (χ4n) is 2.96. The van der Waals surface area contributed by atoms with E-state index in [9.17, 15) is 8.42 Å². The number of hydrogen-bond donors (Lipinski definition) is 1. The van der Waals surface area contributed by atoms with Crippen molar-refractivity contribution in [1.82, 2.24) is 19.7 Å². The van der Waals surface area contributed by atoms with Gasteiger partial charge in [-0.05, 0) is 0 Å². The maximum Gasteiger partial charge on any atom is 0.220 e. The lowest BCUT2D eigenvalue weighted by atomic mass is 10.3. The van der Waals surface area contributed by atoms with Crippen LogP contribution in [-0.2, 0) is 25.2 Å². The van der Waals surface area contributed by atoms with Crippen molar-refractivity contribution >= 4 is 16.0 Å². The number of nitrogens with one attached hydrogen (secondary N) is 1. The lowest BCUT2D eigenvalue weighted by Gasteiger charge is -2.36. The van der Waals surface area contributed by atoms with Crippen molar-refractivity contribution in [3.05, 3.63) is 18.0 Å². The third kappa shape index (κ3) is 4.93. The molecular formula is C15H25N5O5S. The molecule has 2 fully saturated rings. The monoisotopic (exact) mass is 387 g/mol. The SMILES string of the molecule is CN=C(NCC1COCCO1)N1CCN(S(=O)(=O)Cc2ccon2)CC1. The quantitative estimate of drug-likeness (QED) is 0.512. The van der Waals surface area contributed by atoms with Crippen LogP contribution in [0.15, 0.2) is 21.8 Å². The average molecular weight is 387 g/mol. The lowest BCUT2D eigenvalue weighted by Crippen LogP contribution is -2.55. The minimum Gasteiger partial charge on any atom is -0.376 e. The van der Waals surface area contributed by atoms with Gasteiger partial charge in [-0.25, -0.2) is 8.42 Å². The zero-order chi connectivity index (χ0) is 18.4. The highest BCUT2D eigenvalue weighted by molar-refractivity contribution is 7.88. The first-order chi connectivity index (χ1) is 12.6. The Morgan fingerprint density at radius 1 is 1.35 bits per heavy atom. The Morgan fingerprint density at radius 2 is 2.15 bits per heavy atom. The Hall–Kier alpha value is -1.69. The third-order valence-corrected chi connectivity index (χ3v) is 6.15. The molecule has 1 aromatic heterocycles. The molecule has 3 heterocycles. The van der Waals surface area contributed by atoms with Gasteiger partial charge in [-0.15, -0.1) is 0 Å². The minimum atomic E-state index is -3.40. The minimum absolute atomic E-state index is 0.00428. The molecular weight excluding hydrogens is 362 g/mol. The first-order valence-electron chi connectivity index (χ1n) is 8.60. The summed E-state index contributed by atoms with van der Waals surface area (Å²) in [5.74, 6) is 0.600. The summed E-state index contributed by atoms with van der Waals surface area (Å²) in [7, 11) is -1.69. The molecule has 1 N–H and O–H groups in total. The number of nitrogens with zero attached hydrogens (tertiary/aromatic N) is 4. The molecule has 0 aromatic carbocycles. The van der Waals surface area contributed by atoms with Crippen LogP contribution < -0.4 is 5.32 Å². The number of sulfonamides is 1. The highest BCUT2D eigenvalue weighted by atomic mass is 32.2. The van der Waals surface area contributed by atoms with E-state index in [1.54, 1.807) is 13.1 Å². The van der Waals surface area contributed by atoms with Crippen molar-refractivity contribution in [2.75, 3.05) is 59.6 Å². The Morgan fingerprint density at radius 3 is 2.77 bits per heavy atom. The second-order valence-corrected chi connectivity index (χ2v) is 8.10. The van der Waals surface area contributed by atoms with Crippen LogP contribution in [0.1, 0.15) is 5.69 Å². The van der Waals surface area contributed by atoms with Crippen LogP contribution in [0.4, 0.5) is 0 Å². The summed E-state index contributed by atoms with van der Waals surface area (Å²) in [5.41, 5.74) is 0.416. The first kappa shape index (κ1) is 19.1. The lowest BCUT2D eigenvalue weighted by molar-refractivity contribution is -0.0851. The number of rotatable bonds is 5. The van der Waals surface area contributed by atoms with Gasteiger partial charge in [0.15, 0.2) is 5.96 Å². The molecule has 26 heavy (non-hydrogen) atoms. The summed E-state index contributed by atoms with van der Waals surface area (Å²) >= 11 is 0. The molecule has 3 rings (SSSR count). The standard InChI is InChI=1S/C15H25N5O5S/c1-16-15(17-10-14-11-23-8-9-24-14)19-3-5-20(6-4-19)26(21,22)12-13-2-7-25-18-13/h2,7,14H,3-6,8-12H2,1H3,(H,16,17). The van der Waals surface area contributed by atoms with Gasteiger partial charge in [0.25, 0.3) is 0 Å². The second-order valence-electron chi connectivity index (χ2n) is 6.13. The van der Waals surface area contributed by atoms with Crippen LogP contribution in [0.25, 0.3) is 0 Å². The molecule has 146 valence electrons. The molecule has 0 aliphatic carbocycles. The van der Waals surface area contributed by atoms with Crippen LogP contribution in [0.5, 0.6) is 0 Å². The zero-order valence-electron chi connectivity index (χ0n) is 14.8. The molecule has 0 spiro atoms.